The third kappa shape index (κ3) is 7.20. The molecule has 0 saturated carbocycles. The van der Waals surface area contributed by atoms with Crippen molar-refractivity contribution in [3.63, 3.8) is 0 Å². The third-order valence-corrected chi connectivity index (χ3v) is 6.76. The van der Waals surface area contributed by atoms with Crippen LogP contribution in [0.5, 0.6) is 5.75 Å². The largest absolute Gasteiger partial charge is 0.494 e. The first kappa shape index (κ1) is 30.0. The molecular weight excluding hydrogens is 551 g/mol. The van der Waals surface area contributed by atoms with Crippen molar-refractivity contribution in [3.05, 3.63) is 59.7 Å². The van der Waals surface area contributed by atoms with Gasteiger partial charge in [-0.1, -0.05) is 18.2 Å². The average molecular weight is 585 g/mol. The molecular formula is C28H34ClFN8O3. The first-order valence-electron chi connectivity index (χ1n) is 12.9. The van der Waals surface area contributed by atoms with Crippen molar-refractivity contribution in [2.45, 2.75) is 19.4 Å². The maximum atomic E-state index is 14.1. The highest BCUT2D eigenvalue weighted by atomic mass is 35.5. The molecule has 0 atom stereocenters. The summed E-state index contributed by atoms with van der Waals surface area (Å²) in [7, 11) is 5.64. The molecule has 218 valence electrons. The zero-order valence-electron chi connectivity index (χ0n) is 23.6. The van der Waals surface area contributed by atoms with Gasteiger partial charge in [0.1, 0.15) is 17.9 Å². The molecule has 0 aliphatic carbocycles. The molecule has 0 bridgehead atoms. The number of halogens is 2. The van der Waals surface area contributed by atoms with Crippen molar-refractivity contribution in [2.24, 2.45) is 5.92 Å². The molecule has 1 aromatic heterocycles. The minimum atomic E-state index is -1.37. The van der Waals surface area contributed by atoms with Crippen molar-refractivity contribution in [2.75, 3.05) is 61.7 Å². The van der Waals surface area contributed by atoms with E-state index in [1.165, 1.54) is 32.3 Å². The topological polar surface area (TPSA) is 128 Å². The summed E-state index contributed by atoms with van der Waals surface area (Å²) in [6.45, 7) is 9.27. The van der Waals surface area contributed by atoms with Gasteiger partial charge in [0.25, 0.3) is 0 Å². The smallest absolute Gasteiger partial charge is 0.247 e. The molecule has 0 radical (unpaired) electrons. The molecule has 0 spiro atoms. The Bertz CT molecular complexity index is 1440. The molecule has 4 rings (SSSR count). The number of hydrogen-bond acceptors (Lipinski definition) is 10. The molecule has 1 amide bonds. The van der Waals surface area contributed by atoms with Gasteiger partial charge in [0, 0.05) is 42.9 Å². The van der Waals surface area contributed by atoms with Gasteiger partial charge in [-0.05, 0) is 52.2 Å². The van der Waals surface area contributed by atoms with Gasteiger partial charge < -0.3 is 35.6 Å². The number of nitrogens with zero attached hydrogens (tertiary/aromatic N) is 5. The van der Waals surface area contributed by atoms with Crippen molar-refractivity contribution in [1.82, 2.24) is 19.9 Å². The predicted molar refractivity (Wildman–Crippen MR) is 159 cm³/mol. The number of carbonyl (C=O) groups is 1. The van der Waals surface area contributed by atoms with Crippen molar-refractivity contribution < 1.29 is 19.0 Å². The Hall–Kier alpha value is -4.00. The fourth-order valence-electron chi connectivity index (χ4n) is 4.59. The highest BCUT2D eigenvalue weighted by molar-refractivity contribution is 6.31. The van der Waals surface area contributed by atoms with Crippen LogP contribution in [-0.2, 0) is 10.4 Å². The maximum absolute atomic E-state index is 14.1. The number of rotatable bonds is 11. The number of carbonyl (C=O) groups excluding carboxylic acids is 1. The van der Waals surface area contributed by atoms with Gasteiger partial charge in [0.2, 0.25) is 17.8 Å². The molecule has 2 heterocycles. The number of methoxy groups -OCH3 is 1. The number of nitrogens with one attached hydrogen (secondary N) is 3. The van der Waals surface area contributed by atoms with Gasteiger partial charge >= 0.3 is 0 Å². The lowest BCUT2D eigenvalue weighted by molar-refractivity contribution is -0.111. The maximum Gasteiger partial charge on any atom is 0.247 e. The van der Waals surface area contributed by atoms with Crippen molar-refractivity contribution in [1.29, 1.82) is 0 Å². The van der Waals surface area contributed by atoms with E-state index in [2.05, 4.69) is 47.3 Å². The van der Waals surface area contributed by atoms with E-state index in [9.17, 15) is 14.3 Å². The van der Waals surface area contributed by atoms with Crippen molar-refractivity contribution >= 4 is 52.2 Å². The van der Waals surface area contributed by atoms with Crippen LogP contribution in [0.25, 0.3) is 0 Å². The van der Waals surface area contributed by atoms with Crippen LogP contribution in [0.4, 0.5) is 39.0 Å². The molecule has 1 aliphatic rings. The number of aromatic nitrogens is 3. The first-order chi connectivity index (χ1) is 19.4. The Kier molecular flexibility index (Phi) is 8.95. The van der Waals surface area contributed by atoms with Crippen LogP contribution in [0, 0.1) is 11.7 Å². The Morgan fingerprint density at radius 1 is 1.20 bits per heavy atom. The first-order valence-corrected chi connectivity index (χ1v) is 13.3. The summed E-state index contributed by atoms with van der Waals surface area (Å²) in [4.78, 5) is 29.3. The minimum Gasteiger partial charge on any atom is -0.494 e. The van der Waals surface area contributed by atoms with Gasteiger partial charge in [0.15, 0.2) is 0 Å². The summed E-state index contributed by atoms with van der Waals surface area (Å²) < 4.78 is 19.8. The van der Waals surface area contributed by atoms with E-state index in [4.69, 9.17) is 16.3 Å². The van der Waals surface area contributed by atoms with E-state index >= 15 is 0 Å². The summed E-state index contributed by atoms with van der Waals surface area (Å²) in [6.07, 6.45) is 2.50. The van der Waals surface area contributed by atoms with Crippen LogP contribution in [0.15, 0.2) is 43.2 Å². The highest BCUT2D eigenvalue weighted by Gasteiger charge is 2.30. The number of anilines is 6. The molecule has 3 aromatic rings. The standard InChI is InChI=1S/C28H34ClFN8O3/c1-7-25(39)33-21-10-22(24(41-6)11-23(21)38-13-16(14-38)12-37(4)5)35-27-32-15-31-26(36-27)34-20-9-18(29)19(30)8-17(20)28(2,3)40/h7-11,15-16,40H,1,12-14H2,2-6H3,(H,33,39)(H2,31,32,34,35,36). The summed E-state index contributed by atoms with van der Waals surface area (Å²) in [5.74, 6) is 0.313. The monoisotopic (exact) mass is 584 g/mol. The van der Waals surface area contributed by atoms with Gasteiger partial charge in [0.05, 0.1) is 34.8 Å². The van der Waals surface area contributed by atoms with Crippen LogP contribution >= 0.6 is 11.6 Å². The SMILES string of the molecule is C=CC(=O)Nc1cc(Nc2ncnc(Nc3cc(Cl)c(F)cc3C(C)(C)O)n2)c(OC)cc1N1CC(CN(C)C)C1. The lowest BCUT2D eigenvalue weighted by Gasteiger charge is -2.43. The molecule has 1 aliphatic heterocycles. The quantitative estimate of drug-likeness (QED) is 0.239. The number of ether oxygens (including phenoxy) is 1. The Morgan fingerprint density at radius 3 is 2.44 bits per heavy atom. The molecule has 1 saturated heterocycles. The normalized spacial score (nSPS) is 13.5. The van der Waals surface area contributed by atoms with Crippen LogP contribution in [-0.4, -0.2) is 71.7 Å². The molecule has 11 nitrogen and oxygen atoms in total. The van der Waals surface area contributed by atoms with Gasteiger partial charge in [-0.15, -0.1) is 0 Å². The fourth-order valence-corrected chi connectivity index (χ4v) is 4.76. The van der Waals surface area contributed by atoms with E-state index in [-0.39, 0.29) is 28.4 Å². The van der Waals surface area contributed by atoms with E-state index in [1.54, 1.807) is 13.2 Å². The second-order valence-electron chi connectivity index (χ2n) is 10.5. The zero-order valence-corrected chi connectivity index (χ0v) is 24.4. The second kappa shape index (κ2) is 12.2. The molecule has 4 N–H and O–H groups in total. The Labute approximate surface area is 243 Å². The summed E-state index contributed by atoms with van der Waals surface area (Å²) in [6, 6.07) is 6.12. The summed E-state index contributed by atoms with van der Waals surface area (Å²) in [5.41, 5.74) is 1.13. The van der Waals surface area contributed by atoms with E-state index < -0.39 is 11.4 Å². The summed E-state index contributed by atoms with van der Waals surface area (Å²) >= 11 is 6.00. The number of hydrogen-bond donors (Lipinski definition) is 4. The third-order valence-electron chi connectivity index (χ3n) is 6.47. The molecule has 13 heteroatoms. The second-order valence-corrected chi connectivity index (χ2v) is 11.0. The van der Waals surface area contributed by atoms with Crippen LogP contribution in [0.2, 0.25) is 5.02 Å². The Morgan fingerprint density at radius 2 is 1.85 bits per heavy atom. The number of aliphatic hydroxyl groups is 1. The molecule has 41 heavy (non-hydrogen) atoms. The molecule has 2 aromatic carbocycles. The van der Waals surface area contributed by atoms with Gasteiger partial charge in [-0.2, -0.15) is 4.98 Å². The lowest BCUT2D eigenvalue weighted by atomic mass is 9.96. The lowest BCUT2D eigenvalue weighted by Crippen LogP contribution is -2.50. The number of amides is 1. The van der Waals surface area contributed by atoms with Crippen LogP contribution in [0.1, 0.15) is 19.4 Å². The zero-order chi connectivity index (χ0) is 29.9. The predicted octanol–water partition coefficient (Wildman–Crippen LogP) is 4.51. The van der Waals surface area contributed by atoms with Gasteiger partial charge in [-0.3, -0.25) is 4.79 Å². The van der Waals surface area contributed by atoms with E-state index in [0.717, 1.165) is 31.4 Å². The van der Waals surface area contributed by atoms with Crippen LogP contribution < -0.4 is 25.6 Å². The highest BCUT2D eigenvalue weighted by Crippen LogP contribution is 2.41. The molecule has 1 fully saturated rings. The number of benzene rings is 2. The van der Waals surface area contributed by atoms with E-state index in [1.807, 2.05) is 20.2 Å². The van der Waals surface area contributed by atoms with E-state index in [0.29, 0.717) is 28.7 Å². The fraction of sp³-hybridized carbons (Fsp3) is 0.357. The Balaban J connectivity index is 1.63. The van der Waals surface area contributed by atoms with Crippen LogP contribution in [0.3, 0.4) is 0 Å². The van der Waals surface area contributed by atoms with Crippen molar-refractivity contribution in [3.8, 4) is 5.75 Å². The molecule has 0 unspecified atom stereocenters. The summed E-state index contributed by atoms with van der Waals surface area (Å²) in [5, 5.41) is 19.4. The van der Waals surface area contributed by atoms with Gasteiger partial charge in [-0.25, -0.2) is 14.4 Å². The minimum absolute atomic E-state index is 0.123. The average Bonchev–Trinajstić information content (AvgIpc) is 2.88.